The zero-order chi connectivity index (χ0) is 20.8. The summed E-state index contributed by atoms with van der Waals surface area (Å²) in [5, 5.41) is 2.91. The molecular weight excluding hydrogens is 404 g/mol. The fourth-order valence-electron chi connectivity index (χ4n) is 2.87. The van der Waals surface area contributed by atoms with Crippen molar-refractivity contribution in [1.29, 1.82) is 0 Å². The standard InChI is InChI=1S/C22H22N2O3S2/c1-15-6-3-4-7-18(15)23-20(25)8-5-13-24-21(26)19(29-22(24)28)14-16-9-11-17(27-2)12-10-16/h3-4,6-7,9-12,14H,5,8,13H2,1-2H3,(H,23,25)/b19-14-. The van der Waals surface area contributed by atoms with Crippen LogP contribution >= 0.6 is 24.0 Å². The molecule has 5 nitrogen and oxygen atoms in total. The number of aryl methyl sites for hydroxylation is 1. The molecule has 0 radical (unpaired) electrons. The summed E-state index contributed by atoms with van der Waals surface area (Å²) in [5.41, 5.74) is 2.73. The summed E-state index contributed by atoms with van der Waals surface area (Å²) in [6.07, 6.45) is 2.69. The van der Waals surface area contributed by atoms with Gasteiger partial charge in [0, 0.05) is 18.7 Å². The number of rotatable bonds is 7. The summed E-state index contributed by atoms with van der Waals surface area (Å²) in [6, 6.07) is 15.1. The number of amides is 2. The Kier molecular flexibility index (Phi) is 7.06. The van der Waals surface area contributed by atoms with Crippen molar-refractivity contribution in [2.75, 3.05) is 19.0 Å². The largest absolute Gasteiger partial charge is 0.497 e. The van der Waals surface area contributed by atoms with Gasteiger partial charge in [-0.05, 0) is 48.7 Å². The molecule has 1 aliphatic rings. The second-order valence-electron chi connectivity index (χ2n) is 6.57. The lowest BCUT2D eigenvalue weighted by Crippen LogP contribution is -2.29. The molecular formula is C22H22N2O3S2. The topological polar surface area (TPSA) is 58.6 Å². The molecule has 29 heavy (non-hydrogen) atoms. The van der Waals surface area contributed by atoms with Crippen molar-refractivity contribution in [1.82, 2.24) is 4.90 Å². The Hall–Kier alpha value is -2.64. The predicted molar refractivity (Wildman–Crippen MR) is 122 cm³/mol. The molecule has 0 atom stereocenters. The van der Waals surface area contributed by atoms with Crippen molar-refractivity contribution in [3.05, 3.63) is 64.6 Å². The van der Waals surface area contributed by atoms with E-state index in [-0.39, 0.29) is 11.8 Å². The van der Waals surface area contributed by atoms with Crippen LogP contribution in [0.3, 0.4) is 0 Å². The lowest BCUT2D eigenvalue weighted by Gasteiger charge is -2.14. The first-order chi connectivity index (χ1) is 14.0. The van der Waals surface area contributed by atoms with Crippen molar-refractivity contribution in [3.8, 4) is 5.75 Å². The molecule has 0 aromatic heterocycles. The van der Waals surface area contributed by atoms with Crippen LogP contribution in [0.4, 0.5) is 5.69 Å². The zero-order valence-corrected chi connectivity index (χ0v) is 17.9. The van der Waals surface area contributed by atoms with Gasteiger partial charge in [-0.1, -0.05) is 54.3 Å². The Morgan fingerprint density at radius 1 is 1.21 bits per heavy atom. The van der Waals surface area contributed by atoms with Gasteiger partial charge in [0.25, 0.3) is 5.91 Å². The summed E-state index contributed by atoms with van der Waals surface area (Å²) < 4.78 is 5.67. The normalized spacial score (nSPS) is 15.1. The van der Waals surface area contributed by atoms with Gasteiger partial charge in [0.15, 0.2) is 0 Å². The van der Waals surface area contributed by atoms with E-state index in [0.717, 1.165) is 22.6 Å². The highest BCUT2D eigenvalue weighted by molar-refractivity contribution is 8.26. The number of methoxy groups -OCH3 is 1. The van der Waals surface area contributed by atoms with Crippen LogP contribution in [0, 0.1) is 6.92 Å². The minimum Gasteiger partial charge on any atom is -0.497 e. The van der Waals surface area contributed by atoms with Gasteiger partial charge in [-0.25, -0.2) is 0 Å². The van der Waals surface area contributed by atoms with Gasteiger partial charge in [0.05, 0.1) is 12.0 Å². The molecule has 0 unspecified atom stereocenters. The van der Waals surface area contributed by atoms with Crippen LogP contribution < -0.4 is 10.1 Å². The van der Waals surface area contributed by atoms with Gasteiger partial charge in [-0.2, -0.15) is 0 Å². The number of nitrogens with one attached hydrogen (secondary N) is 1. The average molecular weight is 427 g/mol. The van der Waals surface area contributed by atoms with Crippen LogP contribution in [0.5, 0.6) is 5.75 Å². The molecule has 0 saturated carbocycles. The Balaban J connectivity index is 1.54. The van der Waals surface area contributed by atoms with E-state index >= 15 is 0 Å². The van der Waals surface area contributed by atoms with Gasteiger partial charge in [0.2, 0.25) is 5.91 Å². The molecule has 1 heterocycles. The molecule has 150 valence electrons. The number of thiocarbonyl (C=S) groups is 1. The van der Waals surface area contributed by atoms with Crippen molar-refractivity contribution in [3.63, 3.8) is 0 Å². The number of anilines is 1. The number of carbonyl (C=O) groups excluding carboxylic acids is 2. The third-order valence-corrected chi connectivity index (χ3v) is 5.87. The summed E-state index contributed by atoms with van der Waals surface area (Å²) >= 11 is 6.65. The molecule has 1 N–H and O–H groups in total. The van der Waals surface area contributed by atoms with Crippen molar-refractivity contribution < 1.29 is 14.3 Å². The van der Waals surface area contributed by atoms with Gasteiger partial charge in [-0.3, -0.25) is 14.5 Å². The van der Waals surface area contributed by atoms with Gasteiger partial charge >= 0.3 is 0 Å². The molecule has 1 saturated heterocycles. The van der Waals surface area contributed by atoms with E-state index in [1.807, 2.05) is 61.5 Å². The van der Waals surface area contributed by atoms with Crippen molar-refractivity contribution in [2.45, 2.75) is 19.8 Å². The Morgan fingerprint density at radius 3 is 2.62 bits per heavy atom. The first-order valence-electron chi connectivity index (χ1n) is 9.23. The first kappa shape index (κ1) is 21.1. The molecule has 2 amide bonds. The minimum atomic E-state index is -0.116. The highest BCUT2D eigenvalue weighted by Gasteiger charge is 2.31. The fourth-order valence-corrected chi connectivity index (χ4v) is 4.18. The molecule has 3 rings (SSSR count). The predicted octanol–water partition coefficient (Wildman–Crippen LogP) is 4.62. The van der Waals surface area contributed by atoms with Crippen LogP contribution in [0.2, 0.25) is 0 Å². The highest BCUT2D eigenvalue weighted by atomic mass is 32.2. The lowest BCUT2D eigenvalue weighted by molar-refractivity contribution is -0.122. The third-order valence-electron chi connectivity index (χ3n) is 4.49. The number of para-hydroxylation sites is 1. The second-order valence-corrected chi connectivity index (χ2v) is 8.25. The molecule has 2 aromatic carbocycles. The van der Waals surface area contributed by atoms with Crippen LogP contribution in [-0.2, 0) is 9.59 Å². The van der Waals surface area contributed by atoms with Crippen LogP contribution in [0.25, 0.3) is 6.08 Å². The molecule has 1 fully saturated rings. The molecule has 0 aliphatic carbocycles. The SMILES string of the molecule is COc1ccc(/C=C2\SC(=S)N(CCCC(=O)Nc3ccccc3C)C2=O)cc1. The van der Waals surface area contributed by atoms with E-state index in [1.54, 1.807) is 12.0 Å². The van der Waals surface area contributed by atoms with E-state index in [1.165, 1.54) is 11.8 Å². The molecule has 1 aliphatic heterocycles. The summed E-state index contributed by atoms with van der Waals surface area (Å²) in [7, 11) is 1.61. The highest BCUT2D eigenvalue weighted by Crippen LogP contribution is 2.33. The van der Waals surface area contributed by atoms with Crippen LogP contribution in [-0.4, -0.2) is 34.7 Å². The number of carbonyl (C=O) groups is 2. The Bertz CT molecular complexity index is 955. The van der Waals surface area contributed by atoms with Gasteiger partial charge in [0.1, 0.15) is 10.1 Å². The monoisotopic (exact) mass is 426 g/mol. The van der Waals surface area contributed by atoms with Crippen LogP contribution in [0.1, 0.15) is 24.0 Å². The number of hydrogen-bond donors (Lipinski definition) is 1. The maximum Gasteiger partial charge on any atom is 0.266 e. The molecule has 0 spiro atoms. The summed E-state index contributed by atoms with van der Waals surface area (Å²) in [4.78, 5) is 27.0. The molecule has 2 aromatic rings. The second kappa shape index (κ2) is 9.71. The minimum absolute atomic E-state index is 0.0708. The maximum atomic E-state index is 12.7. The third kappa shape index (κ3) is 5.46. The Labute approximate surface area is 180 Å². The van der Waals surface area contributed by atoms with Crippen LogP contribution in [0.15, 0.2) is 53.4 Å². The van der Waals surface area contributed by atoms with Gasteiger partial charge < -0.3 is 10.1 Å². The number of thioether (sulfide) groups is 1. The van der Waals surface area contributed by atoms with Gasteiger partial charge in [-0.15, -0.1) is 0 Å². The van der Waals surface area contributed by atoms with E-state index < -0.39 is 0 Å². The summed E-state index contributed by atoms with van der Waals surface area (Å²) in [6.45, 7) is 2.37. The maximum absolute atomic E-state index is 12.7. The number of hydrogen-bond acceptors (Lipinski definition) is 5. The smallest absolute Gasteiger partial charge is 0.266 e. The Morgan fingerprint density at radius 2 is 1.93 bits per heavy atom. The number of ether oxygens (including phenoxy) is 1. The number of nitrogens with zero attached hydrogens (tertiary/aromatic N) is 1. The van der Waals surface area contributed by atoms with E-state index in [4.69, 9.17) is 17.0 Å². The van der Waals surface area contributed by atoms with E-state index in [2.05, 4.69) is 5.32 Å². The molecule has 0 bridgehead atoms. The first-order valence-corrected chi connectivity index (χ1v) is 10.5. The fraction of sp³-hybridized carbons (Fsp3) is 0.227. The lowest BCUT2D eigenvalue weighted by atomic mass is 10.2. The average Bonchev–Trinajstić information content (AvgIpc) is 2.97. The van der Waals surface area contributed by atoms with Crippen molar-refractivity contribution in [2.24, 2.45) is 0 Å². The van der Waals surface area contributed by atoms with Crippen molar-refractivity contribution >= 4 is 51.9 Å². The van der Waals surface area contributed by atoms with E-state index in [0.29, 0.717) is 28.6 Å². The zero-order valence-electron chi connectivity index (χ0n) is 16.3. The summed E-state index contributed by atoms with van der Waals surface area (Å²) in [5.74, 6) is 0.576. The van der Waals surface area contributed by atoms with E-state index in [9.17, 15) is 9.59 Å². The number of benzene rings is 2. The molecule has 7 heteroatoms. The quantitative estimate of drug-likeness (QED) is 0.517.